The van der Waals surface area contributed by atoms with E-state index in [0.717, 1.165) is 12.8 Å². The lowest BCUT2D eigenvalue weighted by atomic mass is 9.75. The van der Waals surface area contributed by atoms with Crippen molar-refractivity contribution >= 4 is 18.4 Å². The summed E-state index contributed by atoms with van der Waals surface area (Å²) in [6, 6.07) is 10.6. The van der Waals surface area contributed by atoms with E-state index in [9.17, 15) is 4.79 Å². The minimum absolute atomic E-state index is 0. The van der Waals surface area contributed by atoms with Crippen molar-refractivity contribution in [2.45, 2.75) is 57.2 Å². The number of fused-ring (bicyclic) bond motifs is 1. The molecule has 1 aliphatic carbocycles. The Labute approximate surface area is 139 Å². The van der Waals surface area contributed by atoms with Crippen molar-refractivity contribution in [2.75, 3.05) is 7.05 Å². The molecule has 122 valence electrons. The predicted molar refractivity (Wildman–Crippen MR) is 90.5 cm³/mol. The van der Waals surface area contributed by atoms with Crippen molar-refractivity contribution in [2.24, 2.45) is 5.92 Å². The molecular formula is C18H26ClNO2. The highest BCUT2D eigenvalue weighted by Gasteiger charge is 2.41. The van der Waals surface area contributed by atoms with E-state index in [1.54, 1.807) is 0 Å². The Morgan fingerprint density at radius 1 is 1.14 bits per heavy atom. The highest BCUT2D eigenvalue weighted by molar-refractivity contribution is 5.89. The van der Waals surface area contributed by atoms with Gasteiger partial charge >= 0.3 is 5.97 Å². The summed E-state index contributed by atoms with van der Waals surface area (Å²) in [5.41, 5.74) is 0.664. The Morgan fingerprint density at radius 3 is 2.59 bits per heavy atom. The number of halogens is 1. The molecule has 1 heterocycles. The highest BCUT2D eigenvalue weighted by atomic mass is 35.5. The lowest BCUT2D eigenvalue weighted by Gasteiger charge is -2.48. The van der Waals surface area contributed by atoms with E-state index in [2.05, 4.69) is 18.9 Å². The SMILES string of the molecule is C[C@@H]1CC[C@H]2C(OC(=O)c3ccccc3)CCCC2N1C.Cl. The van der Waals surface area contributed by atoms with Gasteiger partial charge < -0.3 is 9.64 Å². The number of ether oxygens (including phenoxy) is 1. The number of esters is 1. The topological polar surface area (TPSA) is 29.5 Å². The second-order valence-electron chi connectivity index (χ2n) is 6.56. The first kappa shape index (κ1) is 17.3. The molecular weight excluding hydrogens is 298 g/mol. The summed E-state index contributed by atoms with van der Waals surface area (Å²) >= 11 is 0. The minimum atomic E-state index is -0.164. The van der Waals surface area contributed by atoms with Crippen LogP contribution in [0.15, 0.2) is 30.3 Å². The monoisotopic (exact) mass is 323 g/mol. The fraction of sp³-hybridized carbons (Fsp3) is 0.611. The number of benzene rings is 1. The van der Waals surface area contributed by atoms with Gasteiger partial charge in [0, 0.05) is 18.0 Å². The van der Waals surface area contributed by atoms with Crippen molar-refractivity contribution in [1.82, 2.24) is 4.90 Å². The van der Waals surface area contributed by atoms with Crippen molar-refractivity contribution < 1.29 is 9.53 Å². The number of hydrogen-bond acceptors (Lipinski definition) is 3. The van der Waals surface area contributed by atoms with E-state index in [0.29, 0.717) is 23.6 Å². The van der Waals surface area contributed by atoms with Gasteiger partial charge in [-0.1, -0.05) is 18.2 Å². The molecule has 0 N–H and O–H groups in total. The lowest BCUT2D eigenvalue weighted by Crippen LogP contribution is -2.53. The molecule has 0 aromatic heterocycles. The van der Waals surface area contributed by atoms with Crippen LogP contribution in [0.1, 0.15) is 49.4 Å². The van der Waals surface area contributed by atoms with E-state index in [1.807, 2.05) is 30.3 Å². The molecule has 1 aromatic carbocycles. The molecule has 2 aliphatic rings. The van der Waals surface area contributed by atoms with Crippen LogP contribution in [0.5, 0.6) is 0 Å². The van der Waals surface area contributed by atoms with Gasteiger partial charge in [0.2, 0.25) is 0 Å². The second kappa shape index (κ2) is 7.47. The van der Waals surface area contributed by atoms with E-state index >= 15 is 0 Å². The van der Waals surface area contributed by atoms with Crippen LogP contribution in [-0.2, 0) is 4.74 Å². The van der Waals surface area contributed by atoms with Crippen LogP contribution in [0.4, 0.5) is 0 Å². The molecule has 4 heteroatoms. The summed E-state index contributed by atoms with van der Waals surface area (Å²) in [6.45, 7) is 2.30. The maximum Gasteiger partial charge on any atom is 0.338 e. The summed E-state index contributed by atoms with van der Waals surface area (Å²) < 4.78 is 5.86. The van der Waals surface area contributed by atoms with Crippen molar-refractivity contribution in [3.63, 3.8) is 0 Å². The third-order valence-corrected chi connectivity index (χ3v) is 5.36. The average Bonchev–Trinajstić information content (AvgIpc) is 2.52. The zero-order valence-electron chi connectivity index (χ0n) is 13.4. The van der Waals surface area contributed by atoms with Crippen LogP contribution in [0.25, 0.3) is 0 Å². The van der Waals surface area contributed by atoms with Gasteiger partial charge in [-0.15, -0.1) is 12.4 Å². The van der Waals surface area contributed by atoms with Crippen LogP contribution in [0.2, 0.25) is 0 Å². The molecule has 3 nitrogen and oxygen atoms in total. The molecule has 3 rings (SSSR count). The highest BCUT2D eigenvalue weighted by Crippen LogP contribution is 2.38. The van der Waals surface area contributed by atoms with Crippen LogP contribution in [0.3, 0.4) is 0 Å². The molecule has 0 spiro atoms. The number of nitrogens with zero attached hydrogens (tertiary/aromatic N) is 1. The van der Waals surface area contributed by atoms with Crippen LogP contribution < -0.4 is 0 Å². The Balaban J connectivity index is 0.00000176. The number of carbonyl (C=O) groups is 1. The molecule has 1 aliphatic heterocycles. The Morgan fingerprint density at radius 2 is 1.86 bits per heavy atom. The molecule has 22 heavy (non-hydrogen) atoms. The van der Waals surface area contributed by atoms with Crippen LogP contribution in [-0.4, -0.2) is 36.1 Å². The van der Waals surface area contributed by atoms with E-state index in [-0.39, 0.29) is 24.5 Å². The molecule has 1 saturated carbocycles. The summed E-state index contributed by atoms with van der Waals surface area (Å²) in [6.07, 6.45) is 5.89. The third kappa shape index (κ3) is 3.47. The standard InChI is InChI=1S/C18H25NO2.ClH/c1-13-11-12-15-16(19(13)2)9-6-10-17(15)21-18(20)14-7-4-3-5-8-14;/h3-5,7-8,13,15-17H,6,9-12H2,1-2H3;1H/t13-,15-,16?,17?;/m1./s1. The first-order valence-corrected chi connectivity index (χ1v) is 8.15. The Hall–Kier alpha value is -1.06. The lowest BCUT2D eigenvalue weighted by molar-refractivity contribution is -0.0517. The predicted octanol–water partition coefficient (Wildman–Crippen LogP) is 3.92. The van der Waals surface area contributed by atoms with Crippen LogP contribution >= 0.6 is 12.4 Å². The molecule has 0 bridgehead atoms. The van der Waals surface area contributed by atoms with Crippen molar-refractivity contribution in [1.29, 1.82) is 0 Å². The largest absolute Gasteiger partial charge is 0.458 e. The third-order valence-electron chi connectivity index (χ3n) is 5.36. The number of rotatable bonds is 2. The first-order chi connectivity index (χ1) is 10.2. The van der Waals surface area contributed by atoms with Crippen molar-refractivity contribution in [3.05, 3.63) is 35.9 Å². The number of likely N-dealkylation sites (tertiary alicyclic amines) is 1. The minimum Gasteiger partial charge on any atom is -0.458 e. The van der Waals surface area contributed by atoms with Gasteiger partial charge in [0.05, 0.1) is 5.56 Å². The van der Waals surface area contributed by atoms with E-state index in [4.69, 9.17) is 4.74 Å². The Bertz CT molecular complexity index is 493. The van der Waals surface area contributed by atoms with E-state index < -0.39 is 0 Å². The number of piperidine rings is 1. The van der Waals surface area contributed by atoms with Gasteiger partial charge in [-0.25, -0.2) is 4.79 Å². The first-order valence-electron chi connectivity index (χ1n) is 8.15. The molecule has 2 unspecified atom stereocenters. The molecule has 4 atom stereocenters. The van der Waals surface area contributed by atoms with Crippen LogP contribution in [0, 0.1) is 5.92 Å². The average molecular weight is 324 g/mol. The summed E-state index contributed by atoms with van der Waals surface area (Å²) in [5.74, 6) is 0.343. The number of carbonyl (C=O) groups excluding carboxylic acids is 1. The number of hydrogen-bond donors (Lipinski definition) is 0. The molecule has 1 aromatic rings. The van der Waals surface area contributed by atoms with Crippen molar-refractivity contribution in [3.8, 4) is 0 Å². The fourth-order valence-corrected chi connectivity index (χ4v) is 3.98. The quantitative estimate of drug-likeness (QED) is 0.773. The molecule has 0 amide bonds. The van der Waals surface area contributed by atoms with E-state index in [1.165, 1.54) is 19.3 Å². The zero-order chi connectivity index (χ0) is 14.8. The summed E-state index contributed by atoms with van der Waals surface area (Å²) in [7, 11) is 2.23. The fourth-order valence-electron chi connectivity index (χ4n) is 3.98. The molecule has 0 radical (unpaired) electrons. The van der Waals surface area contributed by atoms with Gasteiger partial charge in [-0.05, 0) is 58.2 Å². The summed E-state index contributed by atoms with van der Waals surface area (Å²) in [5, 5.41) is 0. The maximum absolute atomic E-state index is 12.3. The molecule has 2 fully saturated rings. The second-order valence-corrected chi connectivity index (χ2v) is 6.56. The zero-order valence-corrected chi connectivity index (χ0v) is 14.2. The van der Waals surface area contributed by atoms with Gasteiger partial charge in [0.1, 0.15) is 6.10 Å². The maximum atomic E-state index is 12.3. The van der Waals surface area contributed by atoms with Gasteiger partial charge in [0.25, 0.3) is 0 Å². The van der Waals surface area contributed by atoms with Gasteiger partial charge in [0.15, 0.2) is 0 Å². The van der Waals surface area contributed by atoms with Gasteiger partial charge in [-0.2, -0.15) is 0 Å². The van der Waals surface area contributed by atoms with Gasteiger partial charge in [-0.3, -0.25) is 0 Å². The smallest absolute Gasteiger partial charge is 0.338 e. The summed E-state index contributed by atoms with van der Waals surface area (Å²) in [4.78, 5) is 14.8. The Kier molecular flexibility index (Phi) is 5.87. The normalized spacial score (nSPS) is 31.7. The molecule has 1 saturated heterocycles.